The van der Waals surface area contributed by atoms with Crippen LogP contribution in [0.2, 0.25) is 0 Å². The van der Waals surface area contributed by atoms with Crippen molar-refractivity contribution in [1.82, 2.24) is 9.80 Å². The molecular weight excluding hydrogens is 335 g/mol. The minimum atomic E-state index is -0.389. The molecule has 0 aromatic heterocycles. The number of piperazine rings is 1. The largest absolute Gasteiger partial charge is 0.493 e. The highest BCUT2D eigenvalue weighted by Crippen LogP contribution is 2.31. The van der Waals surface area contributed by atoms with Gasteiger partial charge in [-0.25, -0.2) is 4.39 Å². The number of carbonyl (C=O) groups excluding carboxylic acids is 1. The zero-order valence-corrected chi connectivity index (χ0v) is 15.1. The number of nitrogens with zero attached hydrogens (tertiary/aromatic N) is 2. The topological polar surface area (TPSA) is 42.0 Å². The molecule has 1 heterocycles. The molecular formula is C20H23FN2O3. The number of benzene rings is 2. The van der Waals surface area contributed by atoms with Gasteiger partial charge in [-0.3, -0.25) is 9.69 Å². The number of hydrogen-bond acceptors (Lipinski definition) is 4. The average molecular weight is 358 g/mol. The smallest absolute Gasteiger partial charge is 0.254 e. The van der Waals surface area contributed by atoms with E-state index in [0.717, 1.165) is 30.9 Å². The minimum absolute atomic E-state index is 0.122. The van der Waals surface area contributed by atoms with Crippen LogP contribution in [0.3, 0.4) is 0 Å². The predicted molar refractivity (Wildman–Crippen MR) is 97.1 cm³/mol. The average Bonchev–Trinajstić information content (AvgIpc) is 2.67. The Hall–Kier alpha value is -2.60. The van der Waals surface area contributed by atoms with Crippen molar-refractivity contribution in [2.24, 2.45) is 0 Å². The molecule has 0 aliphatic carbocycles. The number of hydrogen-bond donors (Lipinski definition) is 0. The van der Waals surface area contributed by atoms with Crippen LogP contribution in [0.25, 0.3) is 0 Å². The molecule has 6 heteroatoms. The monoisotopic (exact) mass is 358 g/mol. The van der Waals surface area contributed by atoms with Crippen molar-refractivity contribution in [3.05, 3.63) is 59.4 Å². The highest BCUT2D eigenvalue weighted by Gasteiger charge is 2.23. The number of rotatable bonds is 5. The zero-order valence-electron chi connectivity index (χ0n) is 15.1. The van der Waals surface area contributed by atoms with Crippen molar-refractivity contribution < 1.29 is 18.7 Å². The highest BCUT2D eigenvalue weighted by atomic mass is 19.1. The first-order chi connectivity index (χ1) is 12.6. The summed E-state index contributed by atoms with van der Waals surface area (Å²) in [4.78, 5) is 16.5. The van der Waals surface area contributed by atoms with E-state index in [9.17, 15) is 9.18 Å². The van der Waals surface area contributed by atoms with Gasteiger partial charge in [-0.15, -0.1) is 0 Å². The van der Waals surface area contributed by atoms with Crippen LogP contribution in [0.15, 0.2) is 42.5 Å². The van der Waals surface area contributed by atoms with Crippen molar-refractivity contribution in [3.8, 4) is 11.5 Å². The molecule has 1 aliphatic rings. The number of amides is 1. The number of ether oxygens (including phenoxy) is 2. The third-order valence-corrected chi connectivity index (χ3v) is 4.61. The van der Waals surface area contributed by atoms with Crippen molar-refractivity contribution in [2.45, 2.75) is 6.54 Å². The van der Waals surface area contributed by atoms with Crippen LogP contribution in [0, 0.1) is 5.82 Å². The third kappa shape index (κ3) is 3.96. The summed E-state index contributed by atoms with van der Waals surface area (Å²) in [5.74, 6) is 0.945. The Morgan fingerprint density at radius 2 is 1.77 bits per heavy atom. The minimum Gasteiger partial charge on any atom is -0.493 e. The van der Waals surface area contributed by atoms with Crippen LogP contribution >= 0.6 is 0 Å². The fourth-order valence-corrected chi connectivity index (χ4v) is 3.23. The van der Waals surface area contributed by atoms with Gasteiger partial charge in [0.15, 0.2) is 11.5 Å². The van der Waals surface area contributed by atoms with Gasteiger partial charge in [-0.05, 0) is 24.3 Å². The Labute approximate surface area is 152 Å². The summed E-state index contributed by atoms with van der Waals surface area (Å²) in [5, 5.41) is 0. The van der Waals surface area contributed by atoms with Gasteiger partial charge in [-0.2, -0.15) is 0 Å². The lowest BCUT2D eigenvalue weighted by Crippen LogP contribution is -2.48. The van der Waals surface area contributed by atoms with Crippen molar-refractivity contribution in [3.63, 3.8) is 0 Å². The number of methoxy groups -OCH3 is 2. The van der Waals surface area contributed by atoms with Gasteiger partial charge < -0.3 is 14.4 Å². The van der Waals surface area contributed by atoms with E-state index in [1.54, 1.807) is 31.3 Å². The van der Waals surface area contributed by atoms with E-state index in [2.05, 4.69) is 4.90 Å². The summed E-state index contributed by atoms with van der Waals surface area (Å²) < 4.78 is 24.2. The fraction of sp³-hybridized carbons (Fsp3) is 0.350. The summed E-state index contributed by atoms with van der Waals surface area (Å²) in [6.07, 6.45) is 0. The molecule has 0 N–H and O–H groups in total. The lowest BCUT2D eigenvalue weighted by molar-refractivity contribution is 0.0627. The number of para-hydroxylation sites is 1. The van der Waals surface area contributed by atoms with Crippen LogP contribution in [0.5, 0.6) is 11.5 Å². The maximum atomic E-state index is 13.3. The van der Waals surface area contributed by atoms with E-state index in [-0.39, 0.29) is 11.7 Å². The molecule has 2 aromatic carbocycles. The van der Waals surface area contributed by atoms with Crippen LogP contribution in [0.1, 0.15) is 15.9 Å². The molecule has 1 amide bonds. The van der Waals surface area contributed by atoms with Gasteiger partial charge >= 0.3 is 0 Å². The van der Waals surface area contributed by atoms with E-state index in [4.69, 9.17) is 9.47 Å². The van der Waals surface area contributed by atoms with Crippen molar-refractivity contribution >= 4 is 5.91 Å². The molecule has 5 nitrogen and oxygen atoms in total. The standard InChI is InChI=1S/C20H23FN2O3/c1-25-18-8-4-6-16(19(18)26-2)14-22-9-11-23(12-10-22)20(24)15-5-3-7-17(21)13-15/h3-8,13H,9-12,14H2,1-2H3. The maximum Gasteiger partial charge on any atom is 0.254 e. The summed E-state index contributed by atoms with van der Waals surface area (Å²) in [6.45, 7) is 3.45. The van der Waals surface area contributed by atoms with Gasteiger partial charge in [0, 0.05) is 43.9 Å². The summed E-state index contributed by atoms with van der Waals surface area (Å²) in [5.41, 5.74) is 1.45. The van der Waals surface area contributed by atoms with Crippen LogP contribution in [-0.4, -0.2) is 56.1 Å². The van der Waals surface area contributed by atoms with Gasteiger partial charge in [-0.1, -0.05) is 18.2 Å². The second kappa shape index (κ2) is 8.19. The summed E-state index contributed by atoms with van der Waals surface area (Å²) in [7, 11) is 3.26. The Morgan fingerprint density at radius 3 is 2.42 bits per heavy atom. The third-order valence-electron chi connectivity index (χ3n) is 4.61. The molecule has 0 saturated carbocycles. The highest BCUT2D eigenvalue weighted by molar-refractivity contribution is 5.94. The predicted octanol–water partition coefficient (Wildman–Crippen LogP) is 2.80. The second-order valence-corrected chi connectivity index (χ2v) is 6.23. The Balaban J connectivity index is 1.62. The van der Waals surface area contributed by atoms with E-state index in [1.807, 2.05) is 18.2 Å². The second-order valence-electron chi connectivity index (χ2n) is 6.23. The number of halogens is 1. The van der Waals surface area contributed by atoms with Gasteiger partial charge in [0.05, 0.1) is 14.2 Å². The molecule has 1 aliphatic heterocycles. The molecule has 1 saturated heterocycles. The normalized spacial score (nSPS) is 15.0. The maximum absolute atomic E-state index is 13.3. The SMILES string of the molecule is COc1cccc(CN2CCN(C(=O)c3cccc(F)c3)CC2)c1OC. The molecule has 26 heavy (non-hydrogen) atoms. The number of carbonyl (C=O) groups is 1. The molecule has 138 valence electrons. The van der Waals surface area contributed by atoms with E-state index in [1.165, 1.54) is 12.1 Å². The quantitative estimate of drug-likeness (QED) is 0.824. The Kier molecular flexibility index (Phi) is 5.73. The van der Waals surface area contributed by atoms with Crippen LogP contribution in [0.4, 0.5) is 4.39 Å². The lowest BCUT2D eigenvalue weighted by atomic mass is 10.1. The first-order valence-electron chi connectivity index (χ1n) is 8.59. The van der Waals surface area contributed by atoms with Crippen molar-refractivity contribution in [2.75, 3.05) is 40.4 Å². The Morgan fingerprint density at radius 1 is 1.04 bits per heavy atom. The molecule has 3 rings (SSSR count). The van der Waals surface area contributed by atoms with Gasteiger partial charge in [0.25, 0.3) is 5.91 Å². The van der Waals surface area contributed by atoms with Gasteiger partial charge in [0.2, 0.25) is 0 Å². The summed E-state index contributed by atoms with van der Waals surface area (Å²) in [6, 6.07) is 11.7. The molecule has 0 atom stereocenters. The van der Waals surface area contributed by atoms with E-state index >= 15 is 0 Å². The Bertz CT molecular complexity index is 773. The first kappa shape index (κ1) is 18.2. The molecule has 0 spiro atoms. The molecule has 1 fully saturated rings. The lowest BCUT2D eigenvalue weighted by Gasteiger charge is -2.35. The zero-order chi connectivity index (χ0) is 18.5. The molecule has 0 unspecified atom stereocenters. The molecule has 2 aromatic rings. The summed E-state index contributed by atoms with van der Waals surface area (Å²) >= 11 is 0. The van der Waals surface area contributed by atoms with Crippen molar-refractivity contribution in [1.29, 1.82) is 0 Å². The van der Waals surface area contributed by atoms with Crippen LogP contribution < -0.4 is 9.47 Å². The van der Waals surface area contributed by atoms with E-state index in [0.29, 0.717) is 24.4 Å². The van der Waals surface area contributed by atoms with E-state index < -0.39 is 0 Å². The van der Waals surface area contributed by atoms with Crippen LogP contribution in [-0.2, 0) is 6.54 Å². The molecule has 0 radical (unpaired) electrons. The van der Waals surface area contributed by atoms with Gasteiger partial charge in [0.1, 0.15) is 5.82 Å². The molecule has 0 bridgehead atoms. The first-order valence-corrected chi connectivity index (χ1v) is 8.59. The fourth-order valence-electron chi connectivity index (χ4n) is 3.23.